The molecule has 0 fully saturated rings. The monoisotopic (exact) mass is 278 g/mol. The lowest BCUT2D eigenvalue weighted by molar-refractivity contribution is 0.411. The van der Waals surface area contributed by atoms with Crippen LogP contribution in [0.5, 0.6) is 11.5 Å². The Labute approximate surface area is 112 Å². The smallest absolute Gasteiger partial charge is 0.339 e. The Bertz CT molecular complexity index is 677. The number of aryl methyl sites for hydroxylation is 1. The largest absolute Gasteiger partial charge is 0.497 e. The minimum atomic E-state index is -3.82. The van der Waals surface area contributed by atoms with Crippen molar-refractivity contribution in [2.24, 2.45) is 0 Å². The van der Waals surface area contributed by atoms with Gasteiger partial charge >= 0.3 is 10.1 Å². The summed E-state index contributed by atoms with van der Waals surface area (Å²) < 4.78 is 34.3. The molecule has 0 bridgehead atoms. The molecule has 2 aromatic carbocycles. The predicted molar refractivity (Wildman–Crippen MR) is 72.0 cm³/mol. The molecule has 0 saturated heterocycles. The zero-order valence-electron chi connectivity index (χ0n) is 10.7. The highest BCUT2D eigenvalue weighted by Gasteiger charge is 2.16. The molecule has 0 saturated carbocycles. The SMILES string of the molecule is COc1cccc(OS(=O)(=O)c2cccc(C)c2)c1. The van der Waals surface area contributed by atoms with Crippen molar-refractivity contribution in [3.05, 3.63) is 54.1 Å². The normalized spacial score (nSPS) is 11.1. The molecule has 0 N–H and O–H groups in total. The van der Waals surface area contributed by atoms with Gasteiger partial charge in [0.25, 0.3) is 0 Å². The van der Waals surface area contributed by atoms with E-state index in [0.29, 0.717) is 5.75 Å². The first-order chi connectivity index (χ1) is 9.01. The molecule has 0 aromatic heterocycles. The summed E-state index contributed by atoms with van der Waals surface area (Å²) in [5.74, 6) is 0.762. The van der Waals surface area contributed by atoms with Crippen molar-refractivity contribution in [3.63, 3.8) is 0 Å². The van der Waals surface area contributed by atoms with E-state index in [9.17, 15) is 8.42 Å². The van der Waals surface area contributed by atoms with E-state index >= 15 is 0 Å². The Morgan fingerprint density at radius 2 is 1.63 bits per heavy atom. The van der Waals surface area contributed by atoms with E-state index in [4.69, 9.17) is 8.92 Å². The maximum atomic E-state index is 12.1. The Kier molecular flexibility index (Phi) is 3.76. The van der Waals surface area contributed by atoms with Gasteiger partial charge in [0.2, 0.25) is 0 Å². The summed E-state index contributed by atoms with van der Waals surface area (Å²) in [6, 6.07) is 13.0. The van der Waals surface area contributed by atoms with Crippen molar-refractivity contribution in [1.29, 1.82) is 0 Å². The highest BCUT2D eigenvalue weighted by molar-refractivity contribution is 7.87. The molecule has 0 unspecified atom stereocenters. The molecule has 0 spiro atoms. The third-order valence-electron chi connectivity index (χ3n) is 2.53. The molecule has 19 heavy (non-hydrogen) atoms. The Morgan fingerprint density at radius 3 is 2.32 bits per heavy atom. The van der Waals surface area contributed by atoms with Crippen LogP contribution in [0.25, 0.3) is 0 Å². The summed E-state index contributed by atoms with van der Waals surface area (Å²) in [7, 11) is -2.31. The molecule has 100 valence electrons. The third-order valence-corrected chi connectivity index (χ3v) is 3.77. The number of methoxy groups -OCH3 is 1. The first kappa shape index (κ1) is 13.4. The van der Waals surface area contributed by atoms with Gasteiger partial charge in [0.15, 0.2) is 0 Å². The summed E-state index contributed by atoms with van der Waals surface area (Å²) in [5, 5.41) is 0. The molecule has 0 atom stereocenters. The summed E-state index contributed by atoms with van der Waals surface area (Å²) in [4.78, 5) is 0.135. The van der Waals surface area contributed by atoms with Crippen LogP contribution in [-0.4, -0.2) is 15.5 Å². The summed E-state index contributed by atoms with van der Waals surface area (Å²) >= 11 is 0. The molecular weight excluding hydrogens is 264 g/mol. The Balaban J connectivity index is 2.31. The van der Waals surface area contributed by atoms with Gasteiger partial charge in [-0.2, -0.15) is 8.42 Å². The van der Waals surface area contributed by atoms with E-state index in [0.717, 1.165) is 5.56 Å². The van der Waals surface area contributed by atoms with E-state index in [1.807, 2.05) is 13.0 Å². The van der Waals surface area contributed by atoms with Gasteiger partial charge in [-0.05, 0) is 36.8 Å². The molecular formula is C14H14O4S. The molecule has 0 amide bonds. The molecule has 0 aliphatic heterocycles. The number of benzene rings is 2. The van der Waals surface area contributed by atoms with Gasteiger partial charge in [-0.3, -0.25) is 0 Å². The molecule has 0 heterocycles. The minimum absolute atomic E-state index is 0.135. The van der Waals surface area contributed by atoms with Crippen LogP contribution in [0.2, 0.25) is 0 Å². The van der Waals surface area contributed by atoms with Crippen LogP contribution in [0, 0.1) is 6.92 Å². The van der Waals surface area contributed by atoms with E-state index < -0.39 is 10.1 Å². The van der Waals surface area contributed by atoms with E-state index in [2.05, 4.69) is 0 Å². The highest BCUT2D eigenvalue weighted by Crippen LogP contribution is 2.23. The molecule has 2 aromatic rings. The molecule has 5 heteroatoms. The lowest BCUT2D eigenvalue weighted by atomic mass is 10.2. The van der Waals surface area contributed by atoms with Crippen molar-refractivity contribution in [2.45, 2.75) is 11.8 Å². The van der Waals surface area contributed by atoms with Gasteiger partial charge in [0, 0.05) is 6.07 Å². The van der Waals surface area contributed by atoms with Gasteiger partial charge in [-0.25, -0.2) is 0 Å². The summed E-state index contributed by atoms with van der Waals surface area (Å²) in [6.45, 7) is 1.82. The van der Waals surface area contributed by atoms with Gasteiger partial charge < -0.3 is 8.92 Å². The Morgan fingerprint density at radius 1 is 0.947 bits per heavy atom. The maximum Gasteiger partial charge on any atom is 0.339 e. The van der Waals surface area contributed by atoms with Crippen molar-refractivity contribution in [3.8, 4) is 11.5 Å². The summed E-state index contributed by atoms with van der Waals surface area (Å²) in [5.41, 5.74) is 0.857. The van der Waals surface area contributed by atoms with Gasteiger partial charge in [0.1, 0.15) is 16.4 Å². The van der Waals surface area contributed by atoms with Crippen LogP contribution in [-0.2, 0) is 10.1 Å². The molecule has 4 nitrogen and oxygen atoms in total. The average molecular weight is 278 g/mol. The molecule has 2 rings (SSSR count). The van der Waals surface area contributed by atoms with Crippen molar-refractivity contribution in [2.75, 3.05) is 7.11 Å². The van der Waals surface area contributed by atoms with Crippen LogP contribution in [0.4, 0.5) is 0 Å². The van der Waals surface area contributed by atoms with Gasteiger partial charge in [-0.1, -0.05) is 18.2 Å². The quantitative estimate of drug-likeness (QED) is 0.807. The highest BCUT2D eigenvalue weighted by atomic mass is 32.2. The second kappa shape index (κ2) is 5.32. The fourth-order valence-electron chi connectivity index (χ4n) is 1.60. The van der Waals surface area contributed by atoms with Crippen LogP contribution in [0.15, 0.2) is 53.4 Å². The van der Waals surface area contributed by atoms with Crippen molar-refractivity contribution in [1.82, 2.24) is 0 Å². The van der Waals surface area contributed by atoms with Crippen molar-refractivity contribution >= 4 is 10.1 Å². The Hall–Kier alpha value is -2.01. The first-order valence-corrected chi connectivity index (χ1v) is 7.07. The van der Waals surface area contributed by atoms with Gasteiger partial charge in [-0.15, -0.1) is 0 Å². The van der Waals surface area contributed by atoms with Crippen LogP contribution in [0.3, 0.4) is 0 Å². The zero-order valence-corrected chi connectivity index (χ0v) is 11.5. The zero-order chi connectivity index (χ0) is 13.9. The topological polar surface area (TPSA) is 52.6 Å². The number of rotatable bonds is 4. The lowest BCUT2D eigenvalue weighted by Gasteiger charge is -2.08. The second-order valence-corrected chi connectivity index (χ2v) is 5.58. The molecule has 0 aliphatic rings. The van der Waals surface area contributed by atoms with Crippen LogP contribution < -0.4 is 8.92 Å². The first-order valence-electron chi connectivity index (χ1n) is 5.66. The molecule has 0 radical (unpaired) electrons. The third kappa shape index (κ3) is 3.26. The lowest BCUT2D eigenvalue weighted by Crippen LogP contribution is -2.09. The van der Waals surface area contributed by atoms with Crippen molar-refractivity contribution < 1.29 is 17.3 Å². The fourth-order valence-corrected chi connectivity index (χ4v) is 2.63. The number of hydrogen-bond donors (Lipinski definition) is 0. The van der Waals surface area contributed by atoms with Gasteiger partial charge in [0.05, 0.1) is 7.11 Å². The summed E-state index contributed by atoms with van der Waals surface area (Å²) in [6.07, 6.45) is 0. The second-order valence-electron chi connectivity index (χ2n) is 4.03. The number of hydrogen-bond acceptors (Lipinski definition) is 4. The predicted octanol–water partition coefficient (Wildman–Crippen LogP) is 2.77. The standard InChI is InChI=1S/C14H14O4S/c1-11-5-3-8-14(9-11)19(15,16)18-13-7-4-6-12(10-13)17-2/h3-10H,1-2H3. The van der Waals surface area contributed by atoms with E-state index in [1.165, 1.54) is 19.2 Å². The van der Waals surface area contributed by atoms with Crippen LogP contribution >= 0.6 is 0 Å². The van der Waals surface area contributed by atoms with Crippen LogP contribution in [0.1, 0.15) is 5.56 Å². The average Bonchev–Trinajstić information content (AvgIpc) is 2.38. The van der Waals surface area contributed by atoms with E-state index in [1.54, 1.807) is 30.3 Å². The fraction of sp³-hybridized carbons (Fsp3) is 0.143. The minimum Gasteiger partial charge on any atom is -0.497 e. The number of ether oxygens (including phenoxy) is 1. The van der Waals surface area contributed by atoms with E-state index in [-0.39, 0.29) is 10.6 Å². The molecule has 0 aliphatic carbocycles. The maximum absolute atomic E-state index is 12.1.